The minimum Gasteiger partial charge on any atom is -1.00 e. The van der Waals surface area contributed by atoms with Crippen molar-refractivity contribution in [2.45, 2.75) is 18.7 Å². The van der Waals surface area contributed by atoms with Gasteiger partial charge in [-0.1, -0.05) is 6.07 Å². The number of benzene rings is 1. The standard InChI is InChI=1S/C8H10O3S.Na.H/c1-6-3-4-8(5-7(6)2)12(9,10)11;;/h3-5H,1-2H3,(H,9,10,11);;/q;+1;-1. The first kappa shape index (κ1) is 13.1. The van der Waals surface area contributed by atoms with Crippen LogP contribution in [0.2, 0.25) is 0 Å². The maximum absolute atomic E-state index is 10.7. The molecule has 3 nitrogen and oxygen atoms in total. The molecule has 0 atom stereocenters. The minimum atomic E-state index is -4.04. The van der Waals surface area contributed by atoms with E-state index in [2.05, 4.69) is 0 Å². The summed E-state index contributed by atoms with van der Waals surface area (Å²) >= 11 is 0. The van der Waals surface area contributed by atoms with Crippen LogP contribution in [0.5, 0.6) is 0 Å². The largest absolute Gasteiger partial charge is 1.00 e. The van der Waals surface area contributed by atoms with Crippen molar-refractivity contribution in [3.8, 4) is 0 Å². The molecule has 1 rings (SSSR count). The molecule has 0 saturated carbocycles. The van der Waals surface area contributed by atoms with Gasteiger partial charge < -0.3 is 1.43 Å². The molecule has 0 amide bonds. The van der Waals surface area contributed by atoms with E-state index in [4.69, 9.17) is 4.55 Å². The van der Waals surface area contributed by atoms with Gasteiger partial charge in [0.05, 0.1) is 4.90 Å². The molecule has 0 spiro atoms. The molecule has 0 aliphatic carbocycles. The monoisotopic (exact) mass is 210 g/mol. The fraction of sp³-hybridized carbons (Fsp3) is 0.250. The van der Waals surface area contributed by atoms with E-state index in [0.29, 0.717) is 0 Å². The Balaban J connectivity index is 0. The first-order valence-corrected chi connectivity index (χ1v) is 4.90. The van der Waals surface area contributed by atoms with E-state index < -0.39 is 10.1 Å². The van der Waals surface area contributed by atoms with Crippen molar-refractivity contribution in [3.63, 3.8) is 0 Å². The first-order valence-electron chi connectivity index (χ1n) is 3.46. The Bertz CT molecular complexity index is 403. The van der Waals surface area contributed by atoms with Crippen LogP contribution < -0.4 is 29.6 Å². The topological polar surface area (TPSA) is 54.4 Å². The summed E-state index contributed by atoms with van der Waals surface area (Å²) in [5.74, 6) is 0. The van der Waals surface area contributed by atoms with Gasteiger partial charge in [0.1, 0.15) is 0 Å². The molecule has 0 radical (unpaired) electrons. The molecule has 0 saturated heterocycles. The molecule has 1 aromatic rings. The summed E-state index contributed by atoms with van der Waals surface area (Å²) in [5.41, 5.74) is 1.85. The van der Waals surface area contributed by atoms with Crippen molar-refractivity contribution >= 4 is 10.1 Å². The van der Waals surface area contributed by atoms with Crippen molar-refractivity contribution in [1.29, 1.82) is 0 Å². The third-order valence-electron chi connectivity index (χ3n) is 1.78. The van der Waals surface area contributed by atoms with E-state index in [0.717, 1.165) is 11.1 Å². The predicted molar refractivity (Wildman–Crippen MR) is 46.8 cm³/mol. The van der Waals surface area contributed by atoms with Gasteiger partial charge >= 0.3 is 29.6 Å². The summed E-state index contributed by atoms with van der Waals surface area (Å²) in [4.78, 5) is -0.0504. The number of hydrogen-bond donors (Lipinski definition) is 1. The van der Waals surface area contributed by atoms with E-state index in [1.165, 1.54) is 12.1 Å². The van der Waals surface area contributed by atoms with Crippen LogP contribution in [0.4, 0.5) is 0 Å². The quantitative estimate of drug-likeness (QED) is 0.461. The minimum absolute atomic E-state index is 0. The van der Waals surface area contributed by atoms with Crippen LogP contribution in [-0.2, 0) is 10.1 Å². The van der Waals surface area contributed by atoms with Gasteiger partial charge in [-0.2, -0.15) is 8.42 Å². The van der Waals surface area contributed by atoms with E-state index in [9.17, 15) is 8.42 Å². The molecule has 68 valence electrons. The van der Waals surface area contributed by atoms with Crippen molar-refractivity contribution in [3.05, 3.63) is 29.3 Å². The molecule has 0 unspecified atom stereocenters. The fourth-order valence-corrected chi connectivity index (χ4v) is 1.44. The fourth-order valence-electron chi connectivity index (χ4n) is 0.874. The van der Waals surface area contributed by atoms with Gasteiger partial charge in [-0.25, -0.2) is 0 Å². The molecule has 0 fully saturated rings. The maximum atomic E-state index is 10.7. The van der Waals surface area contributed by atoms with Crippen LogP contribution in [-0.4, -0.2) is 13.0 Å². The summed E-state index contributed by atoms with van der Waals surface area (Å²) in [6.45, 7) is 3.67. The average Bonchev–Trinajstić information content (AvgIpc) is 1.92. The Labute approximate surface area is 102 Å². The SMILES string of the molecule is Cc1ccc(S(=O)(=O)O)cc1C.[H-].[Na+]. The second-order valence-corrected chi connectivity index (χ2v) is 4.14. The van der Waals surface area contributed by atoms with E-state index in [1.807, 2.05) is 6.92 Å². The number of aryl methyl sites for hydroxylation is 2. The zero-order valence-corrected chi connectivity index (χ0v) is 10.7. The van der Waals surface area contributed by atoms with Crippen molar-refractivity contribution in [2.75, 3.05) is 0 Å². The van der Waals surface area contributed by atoms with Gasteiger partial charge in [-0.15, -0.1) is 0 Å². The summed E-state index contributed by atoms with van der Waals surface area (Å²) in [7, 11) is -4.04. The Morgan fingerprint density at radius 3 is 2.15 bits per heavy atom. The molecule has 0 aliphatic rings. The molecule has 0 heterocycles. The van der Waals surface area contributed by atoms with E-state index in [-0.39, 0.29) is 35.9 Å². The molecule has 1 N–H and O–H groups in total. The van der Waals surface area contributed by atoms with Crippen LogP contribution in [0.15, 0.2) is 23.1 Å². The summed E-state index contributed by atoms with van der Waals surface area (Å²) in [6.07, 6.45) is 0. The summed E-state index contributed by atoms with van der Waals surface area (Å²) < 4.78 is 30.0. The van der Waals surface area contributed by atoms with Gasteiger partial charge in [0.25, 0.3) is 10.1 Å². The van der Waals surface area contributed by atoms with Crippen LogP contribution in [0.1, 0.15) is 12.6 Å². The third-order valence-corrected chi connectivity index (χ3v) is 2.63. The zero-order chi connectivity index (χ0) is 9.35. The van der Waals surface area contributed by atoms with Crippen molar-refractivity contribution in [1.82, 2.24) is 0 Å². The maximum Gasteiger partial charge on any atom is 1.00 e. The van der Waals surface area contributed by atoms with Crippen LogP contribution in [0.25, 0.3) is 0 Å². The van der Waals surface area contributed by atoms with Crippen molar-refractivity contribution < 1.29 is 44.0 Å². The van der Waals surface area contributed by atoms with E-state index in [1.54, 1.807) is 13.0 Å². The third kappa shape index (κ3) is 3.40. The Kier molecular flexibility index (Phi) is 4.62. The van der Waals surface area contributed by atoms with Gasteiger partial charge in [-0.05, 0) is 37.1 Å². The van der Waals surface area contributed by atoms with Gasteiger partial charge in [0.2, 0.25) is 0 Å². The Hall–Kier alpha value is 0.130. The second-order valence-electron chi connectivity index (χ2n) is 2.72. The molecule has 5 heteroatoms. The van der Waals surface area contributed by atoms with Crippen molar-refractivity contribution in [2.24, 2.45) is 0 Å². The van der Waals surface area contributed by atoms with E-state index >= 15 is 0 Å². The van der Waals surface area contributed by atoms with Crippen LogP contribution >= 0.6 is 0 Å². The first-order chi connectivity index (χ1) is 5.41. The van der Waals surface area contributed by atoms with Gasteiger partial charge in [0, 0.05) is 0 Å². The van der Waals surface area contributed by atoms with Crippen LogP contribution in [0.3, 0.4) is 0 Å². The molecule has 1 aromatic carbocycles. The van der Waals surface area contributed by atoms with Gasteiger partial charge in [0.15, 0.2) is 0 Å². The summed E-state index contributed by atoms with van der Waals surface area (Å²) in [6, 6.07) is 4.50. The van der Waals surface area contributed by atoms with Crippen LogP contribution in [0, 0.1) is 13.8 Å². The average molecular weight is 210 g/mol. The second kappa shape index (κ2) is 4.57. The predicted octanol–water partition coefficient (Wildman–Crippen LogP) is -1.33. The molecule has 0 aliphatic heterocycles. The zero-order valence-electron chi connectivity index (χ0n) is 8.90. The summed E-state index contributed by atoms with van der Waals surface area (Å²) in [5, 5.41) is 0. The Morgan fingerprint density at radius 2 is 1.77 bits per heavy atom. The molecule has 0 bridgehead atoms. The molecular weight excluding hydrogens is 199 g/mol. The normalized spacial score (nSPS) is 10.7. The number of hydrogen-bond acceptors (Lipinski definition) is 2. The van der Waals surface area contributed by atoms with Gasteiger partial charge in [-0.3, -0.25) is 4.55 Å². The molecule has 0 aromatic heterocycles. The number of rotatable bonds is 1. The smallest absolute Gasteiger partial charge is 1.00 e. The Morgan fingerprint density at radius 1 is 1.23 bits per heavy atom. The molecule has 13 heavy (non-hydrogen) atoms. The molecular formula is C8H11NaO3S.